The monoisotopic (exact) mass is 165 g/mol. The molecular formula is C8H11N3O. The third kappa shape index (κ3) is 1.09. The number of carbonyl (C=O) groups is 1. The number of fused-ring (bicyclic) bond motifs is 1. The van der Waals surface area contributed by atoms with Crippen LogP contribution in [0.4, 0.5) is 0 Å². The molecule has 0 aromatic carbocycles. The van der Waals surface area contributed by atoms with Crippen molar-refractivity contribution in [1.29, 1.82) is 0 Å². The third-order valence-corrected chi connectivity index (χ3v) is 2.04. The molecule has 0 saturated carbocycles. The van der Waals surface area contributed by atoms with Gasteiger partial charge in [0.25, 0.3) is 0 Å². The molecule has 0 radical (unpaired) electrons. The lowest BCUT2D eigenvalue weighted by Crippen LogP contribution is -2.34. The highest BCUT2D eigenvalue weighted by Gasteiger charge is 2.15. The molecule has 12 heavy (non-hydrogen) atoms. The minimum atomic E-state index is 0.0493. The Morgan fingerprint density at radius 2 is 2.58 bits per heavy atom. The second-order valence-electron chi connectivity index (χ2n) is 2.91. The molecule has 1 aliphatic heterocycles. The summed E-state index contributed by atoms with van der Waals surface area (Å²) in [6.07, 6.45) is 0.925. The maximum absolute atomic E-state index is 11.0. The topological polar surface area (TPSA) is 46.9 Å². The fourth-order valence-corrected chi connectivity index (χ4v) is 1.35. The van der Waals surface area contributed by atoms with Crippen LogP contribution >= 0.6 is 0 Å². The Bertz CT molecular complexity index is 316. The lowest BCUT2D eigenvalue weighted by Gasteiger charge is -2.13. The first-order chi connectivity index (χ1) is 5.79. The summed E-state index contributed by atoms with van der Waals surface area (Å²) in [7, 11) is 0. The maximum atomic E-state index is 11.0. The van der Waals surface area contributed by atoms with Crippen molar-refractivity contribution in [1.82, 2.24) is 15.1 Å². The van der Waals surface area contributed by atoms with Gasteiger partial charge >= 0.3 is 0 Å². The second-order valence-corrected chi connectivity index (χ2v) is 2.91. The quantitative estimate of drug-likeness (QED) is 0.640. The Hall–Kier alpha value is -1.32. The van der Waals surface area contributed by atoms with E-state index in [1.165, 1.54) is 0 Å². The molecule has 4 heteroatoms. The van der Waals surface area contributed by atoms with Crippen molar-refractivity contribution in [2.75, 3.05) is 0 Å². The van der Waals surface area contributed by atoms with Crippen LogP contribution in [0.3, 0.4) is 0 Å². The molecule has 64 valence electrons. The smallest absolute Gasteiger partial charge is 0.242 e. The second kappa shape index (κ2) is 2.62. The normalized spacial score (nSPS) is 15.6. The van der Waals surface area contributed by atoms with Crippen molar-refractivity contribution in [3.63, 3.8) is 0 Å². The number of hydrogen-bond acceptors (Lipinski definition) is 2. The number of carbonyl (C=O) groups excluding carboxylic acids is 1. The van der Waals surface area contributed by atoms with Gasteiger partial charge in [0.2, 0.25) is 5.91 Å². The van der Waals surface area contributed by atoms with Crippen molar-refractivity contribution in [3.05, 3.63) is 17.5 Å². The highest BCUT2D eigenvalue weighted by Crippen LogP contribution is 2.08. The summed E-state index contributed by atoms with van der Waals surface area (Å²) in [5.41, 5.74) is 2.16. The molecule has 1 aromatic rings. The molecule has 4 nitrogen and oxygen atoms in total. The molecule has 2 rings (SSSR count). The van der Waals surface area contributed by atoms with Gasteiger partial charge < -0.3 is 5.32 Å². The van der Waals surface area contributed by atoms with Gasteiger partial charge in [0.05, 0.1) is 17.9 Å². The number of rotatable bonds is 1. The molecule has 0 aliphatic carbocycles. The minimum absolute atomic E-state index is 0.0493. The van der Waals surface area contributed by atoms with Crippen LogP contribution in [0.1, 0.15) is 18.3 Å². The summed E-state index contributed by atoms with van der Waals surface area (Å²) in [5, 5.41) is 7.05. The molecule has 0 bridgehead atoms. The Labute approximate surface area is 70.6 Å². The molecule has 1 N–H and O–H groups in total. The van der Waals surface area contributed by atoms with Gasteiger partial charge in [-0.1, -0.05) is 6.92 Å². The van der Waals surface area contributed by atoms with E-state index in [4.69, 9.17) is 0 Å². The molecule has 2 heterocycles. The van der Waals surface area contributed by atoms with E-state index in [2.05, 4.69) is 17.3 Å². The van der Waals surface area contributed by atoms with Gasteiger partial charge in [0.15, 0.2) is 0 Å². The van der Waals surface area contributed by atoms with E-state index < -0.39 is 0 Å². The molecule has 0 saturated heterocycles. The summed E-state index contributed by atoms with van der Waals surface area (Å²) in [6, 6.07) is 2.04. The van der Waals surface area contributed by atoms with E-state index in [0.29, 0.717) is 13.1 Å². The van der Waals surface area contributed by atoms with E-state index in [0.717, 1.165) is 17.8 Å². The number of amides is 1. The predicted molar refractivity (Wildman–Crippen MR) is 43.5 cm³/mol. The Kier molecular flexibility index (Phi) is 1.60. The van der Waals surface area contributed by atoms with Crippen molar-refractivity contribution in [2.24, 2.45) is 0 Å². The van der Waals surface area contributed by atoms with E-state index >= 15 is 0 Å². The van der Waals surface area contributed by atoms with Crippen LogP contribution in [0.25, 0.3) is 0 Å². The third-order valence-electron chi connectivity index (χ3n) is 2.04. The molecule has 0 fully saturated rings. The van der Waals surface area contributed by atoms with Crippen molar-refractivity contribution < 1.29 is 4.79 Å². The number of aryl methyl sites for hydroxylation is 1. The van der Waals surface area contributed by atoms with Crippen molar-refractivity contribution >= 4 is 5.91 Å². The van der Waals surface area contributed by atoms with Crippen LogP contribution in [-0.2, 0) is 24.3 Å². The van der Waals surface area contributed by atoms with E-state index in [9.17, 15) is 4.79 Å². The first kappa shape index (κ1) is 7.34. The van der Waals surface area contributed by atoms with E-state index in [1.54, 1.807) is 4.68 Å². The van der Waals surface area contributed by atoms with Gasteiger partial charge in [0.1, 0.15) is 6.54 Å². The molecule has 0 atom stereocenters. The zero-order valence-corrected chi connectivity index (χ0v) is 7.00. The molecule has 1 amide bonds. The Morgan fingerprint density at radius 1 is 1.75 bits per heavy atom. The summed E-state index contributed by atoms with van der Waals surface area (Å²) < 4.78 is 1.78. The highest BCUT2D eigenvalue weighted by molar-refractivity contribution is 5.76. The Balaban J connectivity index is 2.34. The van der Waals surface area contributed by atoms with Crippen molar-refractivity contribution in [3.8, 4) is 0 Å². The minimum Gasteiger partial charge on any atom is -0.349 e. The van der Waals surface area contributed by atoms with Crippen LogP contribution in [0.2, 0.25) is 0 Å². The van der Waals surface area contributed by atoms with Crippen LogP contribution in [0.5, 0.6) is 0 Å². The average molecular weight is 165 g/mol. The molecule has 1 aromatic heterocycles. The summed E-state index contributed by atoms with van der Waals surface area (Å²) in [5.74, 6) is 0.0493. The van der Waals surface area contributed by atoms with Gasteiger partial charge in [-0.25, -0.2) is 0 Å². The lowest BCUT2D eigenvalue weighted by atomic mass is 10.3. The van der Waals surface area contributed by atoms with Gasteiger partial charge in [-0.15, -0.1) is 0 Å². The number of aromatic nitrogens is 2. The first-order valence-electron chi connectivity index (χ1n) is 4.12. The van der Waals surface area contributed by atoms with Crippen LogP contribution in [-0.4, -0.2) is 15.7 Å². The van der Waals surface area contributed by atoms with Gasteiger partial charge in [-0.2, -0.15) is 5.10 Å². The zero-order valence-electron chi connectivity index (χ0n) is 7.00. The number of nitrogens with zero attached hydrogens (tertiary/aromatic N) is 2. The van der Waals surface area contributed by atoms with Crippen molar-refractivity contribution in [2.45, 2.75) is 26.4 Å². The fourth-order valence-electron chi connectivity index (χ4n) is 1.35. The molecule has 0 unspecified atom stereocenters. The zero-order chi connectivity index (χ0) is 8.55. The van der Waals surface area contributed by atoms with Gasteiger partial charge in [-0.3, -0.25) is 9.48 Å². The summed E-state index contributed by atoms with van der Waals surface area (Å²) in [4.78, 5) is 11.0. The number of nitrogens with one attached hydrogen (secondary N) is 1. The Morgan fingerprint density at radius 3 is 3.33 bits per heavy atom. The van der Waals surface area contributed by atoms with Gasteiger partial charge in [-0.05, 0) is 12.5 Å². The SMILES string of the molecule is CCc1cc2n(n1)CC(=O)NC2. The predicted octanol–water partition coefficient (Wildman–Crippen LogP) is 0.0753. The van der Waals surface area contributed by atoms with E-state index in [-0.39, 0.29) is 5.91 Å². The van der Waals surface area contributed by atoms with Crippen LogP contribution in [0, 0.1) is 0 Å². The molecular weight excluding hydrogens is 154 g/mol. The molecule has 1 aliphatic rings. The van der Waals surface area contributed by atoms with E-state index in [1.807, 2.05) is 6.07 Å². The van der Waals surface area contributed by atoms with Crippen LogP contribution < -0.4 is 5.32 Å². The summed E-state index contributed by atoms with van der Waals surface area (Å²) in [6.45, 7) is 3.05. The lowest BCUT2D eigenvalue weighted by molar-refractivity contribution is -0.122. The first-order valence-corrected chi connectivity index (χ1v) is 4.12. The average Bonchev–Trinajstić information content (AvgIpc) is 2.46. The summed E-state index contributed by atoms with van der Waals surface area (Å²) >= 11 is 0. The van der Waals surface area contributed by atoms with Gasteiger partial charge in [0, 0.05) is 0 Å². The number of hydrogen-bond donors (Lipinski definition) is 1. The largest absolute Gasteiger partial charge is 0.349 e. The standard InChI is InChI=1S/C8H11N3O/c1-2-6-3-7-4-9-8(12)5-11(7)10-6/h3H,2,4-5H2,1H3,(H,9,12). The van der Waals surface area contributed by atoms with Crippen LogP contribution in [0.15, 0.2) is 6.07 Å². The molecule has 0 spiro atoms. The highest BCUT2D eigenvalue weighted by atomic mass is 16.2. The maximum Gasteiger partial charge on any atom is 0.242 e. The fraction of sp³-hybridized carbons (Fsp3) is 0.500.